The molecular formula is C19H27Cl3N2S. The molecule has 0 amide bonds. The van der Waals surface area contributed by atoms with Gasteiger partial charge in [-0.25, -0.2) is 0 Å². The fourth-order valence-electron chi connectivity index (χ4n) is 3.25. The van der Waals surface area contributed by atoms with Crippen LogP contribution in [0.4, 0.5) is 0 Å². The highest BCUT2D eigenvalue weighted by molar-refractivity contribution is 7.99. The Morgan fingerprint density at radius 3 is 2.64 bits per heavy atom. The van der Waals surface area contributed by atoms with Crippen LogP contribution in [0.25, 0.3) is 10.9 Å². The molecule has 1 aliphatic carbocycles. The molecule has 2 aromatic rings. The van der Waals surface area contributed by atoms with E-state index in [1.807, 2.05) is 17.8 Å². The normalized spacial score (nSPS) is 13.8. The minimum Gasteiger partial charge on any atom is -0.309 e. The van der Waals surface area contributed by atoms with Crippen LogP contribution in [0.15, 0.2) is 23.1 Å². The summed E-state index contributed by atoms with van der Waals surface area (Å²) in [6.45, 7) is 1.14. The lowest BCUT2D eigenvalue weighted by atomic mass is 10.1. The van der Waals surface area contributed by atoms with Gasteiger partial charge < -0.3 is 4.90 Å². The standard InChI is InChI=1S/C19H25ClN2S.2ClH/c1-22(2)11-6-12-23-19-15-7-4-3-5-8-17(15)21-18-10-9-14(20)13-16(18)19;;/h9-10,13H,3-8,11-12H2,1-2H3;2*1H. The number of thioether (sulfide) groups is 1. The molecule has 0 radical (unpaired) electrons. The summed E-state index contributed by atoms with van der Waals surface area (Å²) in [5.74, 6) is 1.15. The van der Waals surface area contributed by atoms with Crippen molar-refractivity contribution in [3.63, 3.8) is 0 Å². The van der Waals surface area contributed by atoms with E-state index in [1.54, 1.807) is 0 Å². The predicted octanol–water partition coefficient (Wildman–Crippen LogP) is 6.04. The average molecular weight is 422 g/mol. The van der Waals surface area contributed by atoms with Gasteiger partial charge in [-0.1, -0.05) is 18.0 Å². The Balaban J connectivity index is 0.00000156. The predicted molar refractivity (Wildman–Crippen MR) is 116 cm³/mol. The molecule has 0 unspecified atom stereocenters. The van der Waals surface area contributed by atoms with Gasteiger partial charge in [0.25, 0.3) is 0 Å². The highest BCUT2D eigenvalue weighted by Gasteiger charge is 2.17. The molecule has 1 aromatic carbocycles. The largest absolute Gasteiger partial charge is 0.309 e. The van der Waals surface area contributed by atoms with Crippen molar-refractivity contribution in [2.75, 3.05) is 26.4 Å². The number of aryl methyl sites for hydroxylation is 1. The number of halogens is 3. The topological polar surface area (TPSA) is 16.1 Å². The number of rotatable bonds is 5. The van der Waals surface area contributed by atoms with E-state index in [1.165, 1.54) is 53.6 Å². The summed E-state index contributed by atoms with van der Waals surface area (Å²) in [6.07, 6.45) is 7.37. The third kappa shape index (κ3) is 5.90. The van der Waals surface area contributed by atoms with Crippen molar-refractivity contribution >= 4 is 59.1 Å². The number of benzene rings is 1. The fraction of sp³-hybridized carbons (Fsp3) is 0.526. The Kier molecular flexibility index (Phi) is 9.91. The van der Waals surface area contributed by atoms with E-state index in [0.717, 1.165) is 29.3 Å². The smallest absolute Gasteiger partial charge is 0.0717 e. The zero-order chi connectivity index (χ0) is 16.2. The quantitative estimate of drug-likeness (QED) is 0.332. The molecule has 0 spiro atoms. The van der Waals surface area contributed by atoms with E-state index in [2.05, 4.69) is 31.1 Å². The maximum atomic E-state index is 6.27. The van der Waals surface area contributed by atoms with Gasteiger partial charge in [0.15, 0.2) is 0 Å². The first kappa shape index (κ1) is 22.9. The number of hydrogen-bond acceptors (Lipinski definition) is 3. The summed E-state index contributed by atoms with van der Waals surface area (Å²) in [6, 6.07) is 6.14. The molecule has 1 heterocycles. The summed E-state index contributed by atoms with van der Waals surface area (Å²) < 4.78 is 0. The van der Waals surface area contributed by atoms with Crippen molar-refractivity contribution < 1.29 is 0 Å². The molecule has 0 N–H and O–H groups in total. The Labute approximate surface area is 172 Å². The number of fused-ring (bicyclic) bond motifs is 2. The van der Waals surface area contributed by atoms with Crippen LogP contribution in [0.1, 0.15) is 36.9 Å². The summed E-state index contributed by atoms with van der Waals surface area (Å²) >= 11 is 8.26. The van der Waals surface area contributed by atoms with Gasteiger partial charge in [0.2, 0.25) is 0 Å². The van der Waals surface area contributed by atoms with E-state index in [9.17, 15) is 0 Å². The molecule has 1 aromatic heterocycles. The third-order valence-electron chi connectivity index (χ3n) is 4.42. The van der Waals surface area contributed by atoms with E-state index in [0.29, 0.717) is 0 Å². The lowest BCUT2D eigenvalue weighted by Crippen LogP contribution is -2.13. The molecule has 140 valence electrons. The Morgan fingerprint density at radius 2 is 1.88 bits per heavy atom. The van der Waals surface area contributed by atoms with Gasteiger partial charge >= 0.3 is 0 Å². The van der Waals surface area contributed by atoms with Crippen molar-refractivity contribution in [1.82, 2.24) is 9.88 Å². The summed E-state index contributed by atoms with van der Waals surface area (Å²) in [5, 5.41) is 2.05. The lowest BCUT2D eigenvalue weighted by molar-refractivity contribution is 0.410. The molecule has 0 saturated heterocycles. The second-order valence-electron chi connectivity index (χ2n) is 6.59. The number of nitrogens with zero attached hydrogens (tertiary/aromatic N) is 2. The monoisotopic (exact) mass is 420 g/mol. The first-order valence-corrected chi connectivity index (χ1v) is 9.90. The Hall–Kier alpha value is -0.190. The van der Waals surface area contributed by atoms with E-state index in [4.69, 9.17) is 16.6 Å². The fourth-order valence-corrected chi connectivity index (χ4v) is 4.61. The number of pyridine rings is 1. The molecule has 6 heteroatoms. The minimum atomic E-state index is 0. The van der Waals surface area contributed by atoms with Crippen LogP contribution in [0.5, 0.6) is 0 Å². The molecule has 3 rings (SSSR count). The molecule has 25 heavy (non-hydrogen) atoms. The van der Waals surface area contributed by atoms with Gasteiger partial charge in [0.05, 0.1) is 5.52 Å². The average Bonchev–Trinajstić information content (AvgIpc) is 2.76. The first-order chi connectivity index (χ1) is 11.1. The molecular weight excluding hydrogens is 395 g/mol. The van der Waals surface area contributed by atoms with E-state index in [-0.39, 0.29) is 24.8 Å². The van der Waals surface area contributed by atoms with Crippen molar-refractivity contribution in [2.24, 2.45) is 0 Å². The van der Waals surface area contributed by atoms with Crippen LogP contribution in [0, 0.1) is 0 Å². The highest BCUT2D eigenvalue weighted by atomic mass is 35.5. The molecule has 0 bridgehead atoms. The van der Waals surface area contributed by atoms with Gasteiger partial charge in [-0.05, 0) is 82.3 Å². The molecule has 0 atom stereocenters. The Morgan fingerprint density at radius 1 is 1.12 bits per heavy atom. The number of aromatic nitrogens is 1. The van der Waals surface area contributed by atoms with Crippen LogP contribution in [0.2, 0.25) is 5.02 Å². The maximum Gasteiger partial charge on any atom is 0.0717 e. The van der Waals surface area contributed by atoms with Crippen LogP contribution in [-0.2, 0) is 12.8 Å². The minimum absolute atomic E-state index is 0. The zero-order valence-corrected chi connectivity index (χ0v) is 18.1. The van der Waals surface area contributed by atoms with Gasteiger partial charge in [0, 0.05) is 21.0 Å². The van der Waals surface area contributed by atoms with Crippen LogP contribution < -0.4 is 0 Å². The maximum absolute atomic E-state index is 6.27. The van der Waals surface area contributed by atoms with E-state index < -0.39 is 0 Å². The van der Waals surface area contributed by atoms with Gasteiger partial charge in [-0.3, -0.25) is 4.98 Å². The van der Waals surface area contributed by atoms with Crippen LogP contribution in [0.3, 0.4) is 0 Å². The van der Waals surface area contributed by atoms with Gasteiger partial charge in [0.1, 0.15) is 0 Å². The molecule has 0 aliphatic heterocycles. The lowest BCUT2D eigenvalue weighted by Gasteiger charge is -2.16. The molecule has 0 fully saturated rings. The van der Waals surface area contributed by atoms with Crippen molar-refractivity contribution in [3.8, 4) is 0 Å². The highest BCUT2D eigenvalue weighted by Crippen LogP contribution is 2.36. The van der Waals surface area contributed by atoms with Crippen molar-refractivity contribution in [1.29, 1.82) is 0 Å². The van der Waals surface area contributed by atoms with Crippen LogP contribution >= 0.6 is 48.2 Å². The van der Waals surface area contributed by atoms with Crippen molar-refractivity contribution in [3.05, 3.63) is 34.5 Å². The molecule has 0 saturated carbocycles. The number of hydrogen-bond donors (Lipinski definition) is 0. The second-order valence-corrected chi connectivity index (χ2v) is 8.14. The second kappa shape index (κ2) is 10.8. The Bertz CT molecular complexity index is 692. The summed E-state index contributed by atoms with van der Waals surface area (Å²) in [5.41, 5.74) is 3.92. The third-order valence-corrected chi connectivity index (χ3v) is 5.90. The molecule has 1 aliphatic rings. The molecule has 2 nitrogen and oxygen atoms in total. The SMILES string of the molecule is CN(C)CCCSc1c2c(nc3ccc(Cl)cc13)CCCCC2.Cl.Cl. The van der Waals surface area contributed by atoms with E-state index >= 15 is 0 Å². The van der Waals surface area contributed by atoms with Crippen molar-refractivity contribution in [2.45, 2.75) is 43.4 Å². The van der Waals surface area contributed by atoms with Gasteiger partial charge in [-0.15, -0.1) is 36.6 Å². The summed E-state index contributed by atoms with van der Waals surface area (Å²) in [4.78, 5) is 8.64. The zero-order valence-electron chi connectivity index (χ0n) is 14.9. The van der Waals surface area contributed by atoms with Gasteiger partial charge in [-0.2, -0.15) is 0 Å². The van der Waals surface area contributed by atoms with Crippen LogP contribution in [-0.4, -0.2) is 36.3 Å². The first-order valence-electron chi connectivity index (χ1n) is 8.53. The summed E-state index contributed by atoms with van der Waals surface area (Å²) in [7, 11) is 4.27.